The topological polar surface area (TPSA) is 108 Å². The zero-order valence-electron chi connectivity index (χ0n) is 24.5. The van der Waals surface area contributed by atoms with Crippen molar-refractivity contribution in [3.8, 4) is 0 Å². The van der Waals surface area contributed by atoms with E-state index in [1.807, 2.05) is 18.3 Å². The van der Waals surface area contributed by atoms with Crippen LogP contribution in [-0.4, -0.2) is 92.2 Å². The second-order valence-electron chi connectivity index (χ2n) is 11.0. The van der Waals surface area contributed by atoms with Gasteiger partial charge in [-0.25, -0.2) is 18.8 Å². The fourth-order valence-corrected chi connectivity index (χ4v) is 7.78. The minimum atomic E-state index is -3.19. The number of hydrogen-bond donors (Lipinski definition) is 1. The number of fused-ring (bicyclic) bond motifs is 2. The number of anilines is 3. The maximum absolute atomic E-state index is 12.0. The molecule has 0 radical (unpaired) electrons. The van der Waals surface area contributed by atoms with Gasteiger partial charge in [0.25, 0.3) is 0 Å². The molecule has 2 aromatic carbocycles. The van der Waals surface area contributed by atoms with E-state index < -0.39 is 10.0 Å². The van der Waals surface area contributed by atoms with E-state index in [1.54, 1.807) is 11.3 Å². The van der Waals surface area contributed by atoms with Crippen LogP contribution in [0.1, 0.15) is 11.1 Å². The van der Waals surface area contributed by atoms with Gasteiger partial charge in [-0.1, -0.05) is 48.5 Å². The van der Waals surface area contributed by atoms with Gasteiger partial charge in [-0.15, -0.1) is 11.3 Å². The van der Waals surface area contributed by atoms with E-state index in [9.17, 15) is 8.42 Å². The quantitative estimate of drug-likeness (QED) is 0.202. The fourth-order valence-electron chi connectivity index (χ4n) is 5.79. The van der Waals surface area contributed by atoms with E-state index in [0.717, 1.165) is 57.1 Å². The highest BCUT2D eigenvalue weighted by Crippen LogP contribution is 2.38. The average molecular weight is 631 g/mol. The monoisotopic (exact) mass is 630 g/mol. The third-order valence-electron chi connectivity index (χ3n) is 8.05. The van der Waals surface area contributed by atoms with E-state index in [4.69, 9.17) is 14.7 Å². The van der Waals surface area contributed by atoms with E-state index in [-0.39, 0.29) is 0 Å². The first-order valence-electron chi connectivity index (χ1n) is 14.7. The number of benzene rings is 2. The van der Waals surface area contributed by atoms with Gasteiger partial charge in [-0.3, -0.25) is 0 Å². The number of nitrogens with zero attached hydrogens (tertiary/aromatic N) is 7. The SMILES string of the molecule is CS(=O)(=O)N1CCN(c2cc3nc(N/N=C/c4cn(Cc5ccccc5)c5ccccc45)nc(N4CCOCC4)c3s2)CC1. The Morgan fingerprint density at radius 2 is 1.70 bits per heavy atom. The molecule has 5 aromatic rings. The molecule has 0 spiro atoms. The van der Waals surface area contributed by atoms with Crippen LogP contribution >= 0.6 is 11.3 Å². The van der Waals surface area contributed by atoms with Crippen LogP contribution in [0.4, 0.5) is 16.8 Å². The van der Waals surface area contributed by atoms with Gasteiger partial charge in [-0.2, -0.15) is 14.4 Å². The van der Waals surface area contributed by atoms with Crippen molar-refractivity contribution >= 4 is 65.5 Å². The molecule has 44 heavy (non-hydrogen) atoms. The number of para-hydroxylation sites is 1. The Balaban J connectivity index is 1.16. The Kier molecular flexibility index (Phi) is 7.93. The molecule has 1 N–H and O–H groups in total. The number of piperazine rings is 1. The summed E-state index contributed by atoms with van der Waals surface area (Å²) >= 11 is 1.65. The lowest BCUT2D eigenvalue weighted by Crippen LogP contribution is -2.48. The lowest BCUT2D eigenvalue weighted by molar-refractivity contribution is 0.122. The first kappa shape index (κ1) is 28.7. The maximum atomic E-state index is 12.0. The van der Waals surface area contributed by atoms with Crippen molar-refractivity contribution in [1.29, 1.82) is 0 Å². The normalized spacial score (nSPS) is 16.8. The summed E-state index contributed by atoms with van der Waals surface area (Å²) in [6, 6.07) is 20.8. The molecule has 2 aliphatic rings. The minimum Gasteiger partial charge on any atom is -0.378 e. The maximum Gasteiger partial charge on any atom is 0.246 e. The van der Waals surface area contributed by atoms with Crippen molar-refractivity contribution < 1.29 is 13.2 Å². The summed E-state index contributed by atoms with van der Waals surface area (Å²) in [4.78, 5) is 14.2. The lowest BCUT2D eigenvalue weighted by atomic mass is 10.2. The van der Waals surface area contributed by atoms with Crippen molar-refractivity contribution in [2.75, 3.05) is 74.0 Å². The van der Waals surface area contributed by atoms with Crippen molar-refractivity contribution in [3.63, 3.8) is 0 Å². The summed E-state index contributed by atoms with van der Waals surface area (Å²) in [7, 11) is -3.19. The summed E-state index contributed by atoms with van der Waals surface area (Å²) in [5, 5.41) is 6.76. The number of rotatable bonds is 8. The Morgan fingerprint density at radius 1 is 0.955 bits per heavy atom. The molecule has 228 valence electrons. The molecule has 2 fully saturated rings. The molecule has 0 unspecified atom stereocenters. The van der Waals surface area contributed by atoms with Crippen LogP contribution in [0.5, 0.6) is 0 Å². The second kappa shape index (κ2) is 12.2. The Bertz CT molecular complexity index is 1910. The summed E-state index contributed by atoms with van der Waals surface area (Å²) in [6.45, 7) is 5.76. The number of thiophene rings is 1. The van der Waals surface area contributed by atoms with Gasteiger partial charge in [0.05, 0.1) is 40.9 Å². The van der Waals surface area contributed by atoms with Crippen LogP contribution < -0.4 is 15.2 Å². The highest BCUT2D eigenvalue weighted by atomic mass is 32.2. The lowest BCUT2D eigenvalue weighted by Gasteiger charge is -2.33. The predicted molar refractivity (Wildman–Crippen MR) is 178 cm³/mol. The van der Waals surface area contributed by atoms with E-state index >= 15 is 0 Å². The molecule has 0 saturated carbocycles. The number of nitrogens with one attached hydrogen (secondary N) is 1. The summed E-state index contributed by atoms with van der Waals surface area (Å²) in [6.07, 6.45) is 5.22. The van der Waals surface area contributed by atoms with Gasteiger partial charge < -0.3 is 19.1 Å². The number of ether oxygens (including phenoxy) is 1. The second-order valence-corrected chi connectivity index (χ2v) is 14.0. The molecule has 5 heterocycles. The van der Waals surface area contributed by atoms with Crippen LogP contribution in [0.2, 0.25) is 0 Å². The van der Waals surface area contributed by atoms with Crippen LogP contribution in [0.15, 0.2) is 72.0 Å². The summed E-state index contributed by atoms with van der Waals surface area (Å²) < 4.78 is 34.4. The Labute approximate surface area is 260 Å². The summed E-state index contributed by atoms with van der Waals surface area (Å²) in [5.74, 6) is 1.29. The van der Waals surface area contributed by atoms with Gasteiger partial charge in [0.2, 0.25) is 16.0 Å². The Hall–Kier alpha value is -4.04. The average Bonchev–Trinajstić information content (AvgIpc) is 3.63. The molecular weight excluding hydrogens is 597 g/mol. The molecule has 0 aliphatic carbocycles. The molecule has 11 nitrogen and oxygen atoms in total. The molecule has 13 heteroatoms. The third-order valence-corrected chi connectivity index (χ3v) is 10.5. The fraction of sp³-hybridized carbons (Fsp3) is 0.323. The standard InChI is InChI=1S/C31H34N8O3S2/c1-44(40,41)39-13-11-36(12-14-39)28-19-26-29(43-28)30(37-15-17-42-18-16-37)34-31(33-26)35-32-20-24-22-38(21-23-7-3-2-4-8-23)27-10-6-5-9-25(24)27/h2-10,19-20,22H,11-18,21H2,1H3,(H,33,34,35)/b32-20+. The summed E-state index contributed by atoms with van der Waals surface area (Å²) in [5.41, 5.74) is 7.32. The van der Waals surface area contributed by atoms with Gasteiger partial charge in [0.1, 0.15) is 0 Å². The number of aromatic nitrogens is 3. The van der Waals surface area contributed by atoms with Gasteiger partial charge >= 0.3 is 0 Å². The number of morpholine rings is 1. The van der Waals surface area contributed by atoms with Crippen molar-refractivity contribution in [1.82, 2.24) is 18.8 Å². The van der Waals surface area contributed by atoms with Crippen molar-refractivity contribution in [2.45, 2.75) is 6.54 Å². The number of sulfonamides is 1. The molecule has 2 saturated heterocycles. The zero-order valence-corrected chi connectivity index (χ0v) is 26.1. The molecule has 3 aromatic heterocycles. The van der Waals surface area contributed by atoms with Gasteiger partial charge in [-0.05, 0) is 17.7 Å². The highest BCUT2D eigenvalue weighted by molar-refractivity contribution is 7.88. The van der Waals surface area contributed by atoms with Crippen molar-refractivity contribution in [3.05, 3.63) is 78.0 Å². The first-order chi connectivity index (χ1) is 21.4. The molecule has 0 bridgehead atoms. The molecule has 0 atom stereocenters. The van der Waals surface area contributed by atoms with Gasteiger partial charge in [0, 0.05) is 68.5 Å². The largest absolute Gasteiger partial charge is 0.378 e. The number of hydrazone groups is 1. The zero-order chi connectivity index (χ0) is 30.1. The van der Waals surface area contributed by atoms with E-state index in [1.165, 1.54) is 16.1 Å². The molecule has 0 amide bonds. The predicted octanol–water partition coefficient (Wildman–Crippen LogP) is 4.06. The first-order valence-corrected chi connectivity index (χ1v) is 17.3. The van der Waals surface area contributed by atoms with E-state index in [0.29, 0.717) is 45.3 Å². The smallest absolute Gasteiger partial charge is 0.246 e. The number of hydrogen-bond acceptors (Lipinski definition) is 10. The van der Waals surface area contributed by atoms with Crippen LogP contribution in [0, 0.1) is 0 Å². The molecule has 7 rings (SSSR count). The highest BCUT2D eigenvalue weighted by Gasteiger charge is 2.26. The van der Waals surface area contributed by atoms with Crippen molar-refractivity contribution in [2.24, 2.45) is 5.10 Å². The van der Waals surface area contributed by atoms with Crippen LogP contribution in [-0.2, 0) is 21.3 Å². The van der Waals surface area contributed by atoms with Crippen LogP contribution in [0.25, 0.3) is 21.1 Å². The van der Waals surface area contributed by atoms with E-state index in [2.05, 4.69) is 79.6 Å². The van der Waals surface area contributed by atoms with Gasteiger partial charge in [0.15, 0.2) is 5.82 Å². The Morgan fingerprint density at radius 3 is 2.48 bits per heavy atom. The van der Waals surface area contributed by atoms with Crippen LogP contribution in [0.3, 0.4) is 0 Å². The minimum absolute atomic E-state index is 0.425. The molecule has 2 aliphatic heterocycles. The third kappa shape index (κ3) is 6.00. The molecular formula is C31H34N8O3S2.